The number of hydrogen-bond acceptors (Lipinski definition) is 5. The highest BCUT2D eigenvalue weighted by Crippen LogP contribution is 2.30. The van der Waals surface area contributed by atoms with Crippen LogP contribution in [0.5, 0.6) is 0 Å². The van der Waals surface area contributed by atoms with E-state index in [0.717, 1.165) is 24.3 Å². The molecule has 4 rings (SSSR count). The van der Waals surface area contributed by atoms with E-state index >= 15 is 0 Å². The number of piperazine rings is 1. The minimum atomic E-state index is -4.47. The number of alkyl halides is 6. The lowest BCUT2D eigenvalue weighted by Gasteiger charge is -2.42. The predicted molar refractivity (Wildman–Crippen MR) is 146 cm³/mol. The first-order valence-corrected chi connectivity index (χ1v) is 13.5. The standard InChI is InChI=1S/C29H31F6N3O4.ClH/c1-19(39)37-12-13-38(26(40)14-20-2-6-22(7-3-20)28(30,31)32)24(17-37)16-36-11-10-25(18-36)42-27(41)15-21-4-8-23(9-5-21)29(33,34)35;/h2-9,24-25H,10-18H2,1H3;1H. The van der Waals surface area contributed by atoms with Gasteiger partial charge in [-0.1, -0.05) is 24.3 Å². The summed E-state index contributed by atoms with van der Waals surface area (Å²) in [5, 5.41) is 0. The second-order valence-electron chi connectivity index (χ2n) is 10.6. The number of likely N-dealkylation sites (tertiary alicyclic amines) is 1. The summed E-state index contributed by atoms with van der Waals surface area (Å²) in [6, 6.07) is 8.39. The summed E-state index contributed by atoms with van der Waals surface area (Å²) in [6.07, 6.45) is -9.09. The molecule has 236 valence electrons. The maximum absolute atomic E-state index is 13.2. The Kier molecular flexibility index (Phi) is 11.1. The fourth-order valence-corrected chi connectivity index (χ4v) is 5.28. The molecule has 0 N–H and O–H groups in total. The molecule has 2 amide bonds. The van der Waals surface area contributed by atoms with Crippen LogP contribution in [0.15, 0.2) is 48.5 Å². The van der Waals surface area contributed by atoms with E-state index in [9.17, 15) is 40.7 Å². The Morgan fingerprint density at radius 2 is 1.33 bits per heavy atom. The highest BCUT2D eigenvalue weighted by Gasteiger charge is 2.36. The van der Waals surface area contributed by atoms with Crippen LogP contribution in [0.1, 0.15) is 35.6 Å². The predicted octanol–water partition coefficient (Wildman–Crippen LogP) is 4.61. The van der Waals surface area contributed by atoms with Gasteiger partial charge in [-0.15, -0.1) is 12.4 Å². The summed E-state index contributed by atoms with van der Waals surface area (Å²) in [4.78, 5) is 43.0. The van der Waals surface area contributed by atoms with Crippen LogP contribution >= 0.6 is 12.4 Å². The van der Waals surface area contributed by atoms with Crippen molar-refractivity contribution in [3.8, 4) is 0 Å². The second-order valence-corrected chi connectivity index (χ2v) is 10.6. The fourth-order valence-electron chi connectivity index (χ4n) is 5.28. The Hall–Kier alpha value is -3.32. The minimum Gasteiger partial charge on any atom is -0.461 e. The van der Waals surface area contributed by atoms with Crippen LogP contribution in [0.3, 0.4) is 0 Å². The van der Waals surface area contributed by atoms with Gasteiger partial charge in [-0.05, 0) is 41.8 Å². The molecule has 2 saturated heterocycles. The molecule has 2 aromatic rings. The number of nitrogens with zero attached hydrogens (tertiary/aromatic N) is 3. The molecule has 2 aliphatic rings. The highest BCUT2D eigenvalue weighted by atomic mass is 35.5. The number of esters is 1. The Bertz CT molecular complexity index is 1270. The summed E-state index contributed by atoms with van der Waals surface area (Å²) in [7, 11) is 0. The van der Waals surface area contributed by atoms with Gasteiger partial charge in [0.2, 0.25) is 11.8 Å². The molecule has 0 radical (unpaired) electrons. The quantitative estimate of drug-likeness (QED) is 0.329. The van der Waals surface area contributed by atoms with Crippen LogP contribution in [-0.4, -0.2) is 83.9 Å². The molecule has 2 unspecified atom stereocenters. The van der Waals surface area contributed by atoms with Crippen molar-refractivity contribution >= 4 is 30.2 Å². The molecule has 2 aromatic carbocycles. The molecule has 0 aromatic heterocycles. The van der Waals surface area contributed by atoms with Crippen molar-refractivity contribution in [2.45, 2.75) is 50.7 Å². The van der Waals surface area contributed by atoms with Gasteiger partial charge in [0.05, 0.1) is 30.0 Å². The van der Waals surface area contributed by atoms with Crippen molar-refractivity contribution in [2.24, 2.45) is 0 Å². The van der Waals surface area contributed by atoms with Gasteiger partial charge in [0.1, 0.15) is 6.10 Å². The lowest BCUT2D eigenvalue weighted by Crippen LogP contribution is -2.59. The summed E-state index contributed by atoms with van der Waals surface area (Å²) in [5.74, 6) is -0.955. The smallest absolute Gasteiger partial charge is 0.416 e. The number of ether oxygens (including phenoxy) is 1. The van der Waals surface area contributed by atoms with E-state index in [0.29, 0.717) is 50.3 Å². The monoisotopic (exact) mass is 635 g/mol. The number of hydrogen-bond donors (Lipinski definition) is 0. The Morgan fingerprint density at radius 3 is 1.84 bits per heavy atom. The van der Waals surface area contributed by atoms with E-state index in [1.165, 1.54) is 31.2 Å². The zero-order chi connectivity index (χ0) is 30.7. The highest BCUT2D eigenvalue weighted by molar-refractivity contribution is 5.85. The number of carbonyl (C=O) groups is 3. The zero-order valence-corrected chi connectivity index (χ0v) is 24.1. The minimum absolute atomic E-state index is 0. The van der Waals surface area contributed by atoms with E-state index < -0.39 is 35.6 Å². The van der Waals surface area contributed by atoms with E-state index in [2.05, 4.69) is 0 Å². The van der Waals surface area contributed by atoms with Gasteiger partial charge in [-0.2, -0.15) is 26.3 Å². The molecule has 2 fully saturated rings. The van der Waals surface area contributed by atoms with Crippen molar-refractivity contribution in [1.82, 2.24) is 14.7 Å². The van der Waals surface area contributed by atoms with E-state index in [-0.39, 0.29) is 49.6 Å². The van der Waals surface area contributed by atoms with E-state index in [1.807, 2.05) is 4.90 Å². The maximum Gasteiger partial charge on any atom is 0.416 e. The zero-order valence-electron chi connectivity index (χ0n) is 23.3. The summed E-state index contributed by atoms with van der Waals surface area (Å²) in [6.45, 7) is 3.71. The third-order valence-corrected chi connectivity index (χ3v) is 7.51. The fraction of sp³-hybridized carbons (Fsp3) is 0.483. The van der Waals surface area contributed by atoms with Gasteiger partial charge in [0, 0.05) is 46.2 Å². The van der Waals surface area contributed by atoms with Crippen LogP contribution in [0.2, 0.25) is 0 Å². The SMILES string of the molecule is CC(=O)N1CCN(C(=O)Cc2ccc(C(F)(F)F)cc2)C(CN2CCC(OC(=O)Cc3ccc(C(F)(F)F)cc3)C2)C1.Cl. The van der Waals surface area contributed by atoms with E-state index in [4.69, 9.17) is 4.74 Å². The first-order valence-electron chi connectivity index (χ1n) is 13.5. The molecular formula is C29H32ClF6N3O4. The largest absolute Gasteiger partial charge is 0.461 e. The lowest BCUT2D eigenvalue weighted by molar-refractivity contribution is -0.147. The van der Waals surface area contributed by atoms with Gasteiger partial charge in [-0.3, -0.25) is 19.3 Å². The maximum atomic E-state index is 13.2. The van der Waals surface area contributed by atoms with Crippen LogP contribution in [0.25, 0.3) is 0 Å². The molecule has 2 aliphatic heterocycles. The first-order chi connectivity index (χ1) is 19.7. The third-order valence-electron chi connectivity index (χ3n) is 7.51. The molecule has 0 bridgehead atoms. The molecule has 7 nitrogen and oxygen atoms in total. The van der Waals surface area contributed by atoms with Crippen molar-refractivity contribution < 1.29 is 45.5 Å². The Labute approximate surface area is 251 Å². The summed E-state index contributed by atoms with van der Waals surface area (Å²) in [5.41, 5.74) is -0.752. The molecule has 14 heteroatoms. The van der Waals surface area contributed by atoms with Crippen molar-refractivity contribution in [3.05, 3.63) is 70.8 Å². The Balaban J connectivity index is 0.00000506. The number of benzene rings is 2. The van der Waals surface area contributed by atoms with Gasteiger partial charge >= 0.3 is 18.3 Å². The second kappa shape index (κ2) is 14.0. The Morgan fingerprint density at radius 1 is 0.791 bits per heavy atom. The van der Waals surface area contributed by atoms with Gasteiger partial charge in [0.25, 0.3) is 0 Å². The van der Waals surface area contributed by atoms with Crippen LogP contribution in [-0.2, 0) is 44.3 Å². The molecule has 0 spiro atoms. The molecule has 2 atom stereocenters. The van der Waals surface area contributed by atoms with Crippen LogP contribution in [0.4, 0.5) is 26.3 Å². The molecule has 2 heterocycles. The normalized spacial score (nSPS) is 19.6. The van der Waals surface area contributed by atoms with Crippen molar-refractivity contribution in [2.75, 3.05) is 39.3 Å². The molecule has 0 saturated carbocycles. The molecular weight excluding hydrogens is 604 g/mol. The number of amides is 2. The summed E-state index contributed by atoms with van der Waals surface area (Å²) < 4.78 is 82.5. The lowest BCUT2D eigenvalue weighted by atomic mass is 10.1. The van der Waals surface area contributed by atoms with Gasteiger partial charge in [-0.25, -0.2) is 0 Å². The summed E-state index contributed by atoms with van der Waals surface area (Å²) >= 11 is 0. The van der Waals surface area contributed by atoms with Crippen LogP contribution in [0, 0.1) is 0 Å². The van der Waals surface area contributed by atoms with Gasteiger partial charge in [0.15, 0.2) is 0 Å². The van der Waals surface area contributed by atoms with Crippen LogP contribution < -0.4 is 0 Å². The van der Waals surface area contributed by atoms with E-state index in [1.54, 1.807) is 9.80 Å². The van der Waals surface area contributed by atoms with Crippen molar-refractivity contribution in [1.29, 1.82) is 0 Å². The topological polar surface area (TPSA) is 70.2 Å². The number of rotatable bonds is 7. The molecule has 0 aliphatic carbocycles. The molecule has 43 heavy (non-hydrogen) atoms. The first kappa shape index (κ1) is 34.2. The average molecular weight is 636 g/mol. The number of halogens is 7. The number of carbonyl (C=O) groups excluding carboxylic acids is 3. The van der Waals surface area contributed by atoms with Gasteiger partial charge < -0.3 is 14.5 Å². The average Bonchev–Trinajstić information content (AvgIpc) is 3.34. The van der Waals surface area contributed by atoms with Crippen molar-refractivity contribution in [3.63, 3.8) is 0 Å². The third kappa shape index (κ3) is 9.33.